The summed E-state index contributed by atoms with van der Waals surface area (Å²) in [5.41, 5.74) is 2.67. The molecule has 0 aliphatic carbocycles. The molecule has 0 radical (unpaired) electrons. The fraction of sp³-hybridized carbons (Fsp3) is 0.105. The first-order chi connectivity index (χ1) is 12.4. The summed E-state index contributed by atoms with van der Waals surface area (Å²) in [5.74, 6) is -0.930. The molecule has 132 valence electrons. The van der Waals surface area contributed by atoms with Gasteiger partial charge in [0.05, 0.1) is 5.69 Å². The van der Waals surface area contributed by atoms with Crippen LogP contribution in [-0.2, 0) is 4.79 Å². The van der Waals surface area contributed by atoms with Crippen molar-refractivity contribution in [2.45, 2.75) is 13.8 Å². The number of thiazole rings is 1. The zero-order valence-electron chi connectivity index (χ0n) is 14.2. The maximum absolute atomic E-state index is 13.8. The van der Waals surface area contributed by atoms with Gasteiger partial charge in [0.2, 0.25) is 5.91 Å². The van der Waals surface area contributed by atoms with Crippen LogP contribution in [0.2, 0.25) is 0 Å². The van der Waals surface area contributed by atoms with E-state index < -0.39 is 0 Å². The molecule has 3 rings (SSSR count). The first kappa shape index (κ1) is 17.8. The number of anilines is 2. The third-order valence-corrected chi connectivity index (χ3v) is 4.44. The topological polar surface area (TPSA) is 71.1 Å². The average molecular weight is 369 g/mol. The van der Waals surface area contributed by atoms with E-state index in [1.165, 1.54) is 24.3 Å². The van der Waals surface area contributed by atoms with Gasteiger partial charge in [0.15, 0.2) is 5.13 Å². The summed E-state index contributed by atoms with van der Waals surface area (Å²) < 4.78 is 13.8. The molecule has 0 spiro atoms. The molecule has 0 unspecified atom stereocenters. The van der Waals surface area contributed by atoms with Crippen molar-refractivity contribution in [1.82, 2.24) is 4.98 Å². The lowest BCUT2D eigenvalue weighted by molar-refractivity contribution is -0.114. The van der Waals surface area contributed by atoms with Gasteiger partial charge < -0.3 is 5.32 Å². The van der Waals surface area contributed by atoms with Crippen molar-refractivity contribution in [3.8, 4) is 11.3 Å². The predicted molar refractivity (Wildman–Crippen MR) is 101 cm³/mol. The summed E-state index contributed by atoms with van der Waals surface area (Å²) in [4.78, 5) is 28.0. The van der Waals surface area contributed by atoms with E-state index in [-0.39, 0.29) is 17.6 Å². The van der Waals surface area contributed by atoms with Crippen molar-refractivity contribution >= 4 is 34.0 Å². The van der Waals surface area contributed by atoms with Crippen LogP contribution in [0.4, 0.5) is 15.2 Å². The molecule has 0 atom stereocenters. The molecule has 0 bridgehead atoms. The Morgan fingerprint density at radius 2 is 1.88 bits per heavy atom. The van der Waals surface area contributed by atoms with Crippen molar-refractivity contribution in [3.05, 3.63) is 64.8 Å². The molecule has 2 N–H and O–H groups in total. The minimum Gasteiger partial charge on any atom is -0.326 e. The third kappa shape index (κ3) is 3.94. The predicted octanol–water partition coefficient (Wildman–Crippen LogP) is 4.47. The van der Waals surface area contributed by atoms with E-state index in [2.05, 4.69) is 15.6 Å². The fourth-order valence-electron chi connectivity index (χ4n) is 2.38. The van der Waals surface area contributed by atoms with Gasteiger partial charge in [-0.1, -0.05) is 18.2 Å². The summed E-state index contributed by atoms with van der Waals surface area (Å²) in [6.45, 7) is 3.25. The molecule has 5 nitrogen and oxygen atoms in total. The van der Waals surface area contributed by atoms with E-state index in [1.54, 1.807) is 41.8 Å². The lowest BCUT2D eigenvalue weighted by atomic mass is 10.1. The number of carbonyl (C=O) groups excluding carboxylic acids is 2. The Balaban J connectivity index is 1.79. The zero-order valence-corrected chi connectivity index (χ0v) is 15.0. The van der Waals surface area contributed by atoms with Crippen LogP contribution in [0.15, 0.2) is 47.8 Å². The number of nitrogens with one attached hydrogen (secondary N) is 2. The maximum Gasteiger partial charge on any atom is 0.257 e. The number of hydrogen-bond donors (Lipinski definition) is 2. The number of aryl methyl sites for hydroxylation is 1. The Morgan fingerprint density at radius 1 is 1.12 bits per heavy atom. The number of rotatable bonds is 4. The molecule has 0 aliphatic rings. The Bertz CT molecular complexity index is 984. The van der Waals surface area contributed by atoms with Gasteiger partial charge in [0, 0.05) is 29.1 Å². The van der Waals surface area contributed by atoms with Crippen molar-refractivity contribution in [2.24, 2.45) is 0 Å². The lowest BCUT2D eigenvalue weighted by Crippen LogP contribution is -2.13. The quantitative estimate of drug-likeness (QED) is 0.713. The zero-order chi connectivity index (χ0) is 18.7. The number of amides is 2. The summed E-state index contributed by atoms with van der Waals surface area (Å²) in [6.07, 6.45) is 0. The van der Waals surface area contributed by atoms with Crippen LogP contribution in [0.5, 0.6) is 0 Å². The second kappa shape index (κ2) is 7.45. The van der Waals surface area contributed by atoms with Crippen molar-refractivity contribution in [3.63, 3.8) is 0 Å². The van der Waals surface area contributed by atoms with E-state index in [4.69, 9.17) is 0 Å². The van der Waals surface area contributed by atoms with E-state index in [0.29, 0.717) is 27.6 Å². The molecular weight excluding hydrogens is 353 g/mol. The minimum atomic E-state index is -0.367. The van der Waals surface area contributed by atoms with Gasteiger partial charge in [-0.05, 0) is 36.8 Å². The third-order valence-electron chi connectivity index (χ3n) is 3.68. The average Bonchev–Trinajstić information content (AvgIpc) is 3.05. The van der Waals surface area contributed by atoms with Gasteiger partial charge >= 0.3 is 0 Å². The highest BCUT2D eigenvalue weighted by atomic mass is 32.1. The first-order valence-electron chi connectivity index (χ1n) is 7.84. The standard InChI is InChI=1S/C19H16FN3O2S/c1-11-7-8-13(9-16(11)21-12(2)24)18(25)23-19-22-17(10-26-19)14-5-3-4-6-15(14)20/h3-10H,1-2H3,(H,21,24)(H,22,23,25). The normalized spacial score (nSPS) is 10.4. The fourth-order valence-corrected chi connectivity index (χ4v) is 3.09. The van der Waals surface area contributed by atoms with Gasteiger partial charge in [0.25, 0.3) is 5.91 Å². The van der Waals surface area contributed by atoms with Gasteiger partial charge in [0.1, 0.15) is 5.82 Å². The molecule has 3 aromatic rings. The monoisotopic (exact) mass is 369 g/mol. The van der Waals surface area contributed by atoms with Crippen LogP contribution in [0.1, 0.15) is 22.8 Å². The molecule has 0 saturated carbocycles. The van der Waals surface area contributed by atoms with Crippen LogP contribution in [0.25, 0.3) is 11.3 Å². The minimum absolute atomic E-state index is 0.208. The van der Waals surface area contributed by atoms with Crippen LogP contribution < -0.4 is 10.6 Å². The highest BCUT2D eigenvalue weighted by Gasteiger charge is 2.13. The highest BCUT2D eigenvalue weighted by Crippen LogP contribution is 2.27. The summed E-state index contributed by atoms with van der Waals surface area (Å²) in [5, 5.41) is 7.45. The molecule has 2 aromatic carbocycles. The van der Waals surface area contributed by atoms with Crippen molar-refractivity contribution < 1.29 is 14.0 Å². The lowest BCUT2D eigenvalue weighted by Gasteiger charge is -2.09. The Kier molecular flexibility index (Phi) is 5.09. The van der Waals surface area contributed by atoms with Crippen molar-refractivity contribution in [2.75, 3.05) is 10.6 Å². The SMILES string of the molecule is CC(=O)Nc1cc(C(=O)Nc2nc(-c3ccccc3F)cs2)ccc1C. The highest BCUT2D eigenvalue weighted by molar-refractivity contribution is 7.14. The second-order valence-electron chi connectivity index (χ2n) is 5.68. The van der Waals surface area contributed by atoms with Crippen LogP contribution >= 0.6 is 11.3 Å². The van der Waals surface area contributed by atoms with E-state index >= 15 is 0 Å². The van der Waals surface area contributed by atoms with Gasteiger partial charge in [-0.15, -0.1) is 11.3 Å². The van der Waals surface area contributed by atoms with Gasteiger partial charge in [-0.3, -0.25) is 14.9 Å². The summed E-state index contributed by atoms with van der Waals surface area (Å²) in [6, 6.07) is 11.4. The summed E-state index contributed by atoms with van der Waals surface area (Å²) in [7, 11) is 0. The molecular formula is C19H16FN3O2S. The van der Waals surface area contributed by atoms with Gasteiger partial charge in [-0.25, -0.2) is 9.37 Å². The number of halogens is 1. The maximum atomic E-state index is 13.8. The first-order valence-corrected chi connectivity index (χ1v) is 8.72. The Hall–Kier alpha value is -3.06. The molecule has 1 heterocycles. The molecule has 0 saturated heterocycles. The van der Waals surface area contributed by atoms with Gasteiger partial charge in [-0.2, -0.15) is 0 Å². The van der Waals surface area contributed by atoms with E-state index in [0.717, 1.165) is 5.56 Å². The molecule has 26 heavy (non-hydrogen) atoms. The summed E-state index contributed by atoms with van der Waals surface area (Å²) >= 11 is 1.21. The Labute approximate surface area is 153 Å². The number of nitrogens with zero attached hydrogens (tertiary/aromatic N) is 1. The van der Waals surface area contributed by atoms with Crippen molar-refractivity contribution in [1.29, 1.82) is 0 Å². The molecule has 2 amide bonds. The number of benzene rings is 2. The molecule has 1 aromatic heterocycles. The van der Waals surface area contributed by atoms with Crippen LogP contribution in [0.3, 0.4) is 0 Å². The molecule has 0 fully saturated rings. The largest absolute Gasteiger partial charge is 0.326 e. The second-order valence-corrected chi connectivity index (χ2v) is 6.54. The smallest absolute Gasteiger partial charge is 0.257 e. The number of carbonyl (C=O) groups is 2. The number of aromatic nitrogens is 1. The number of hydrogen-bond acceptors (Lipinski definition) is 4. The van der Waals surface area contributed by atoms with Crippen LogP contribution in [-0.4, -0.2) is 16.8 Å². The van der Waals surface area contributed by atoms with E-state index in [1.807, 2.05) is 6.92 Å². The van der Waals surface area contributed by atoms with E-state index in [9.17, 15) is 14.0 Å². The molecule has 7 heteroatoms. The molecule has 0 aliphatic heterocycles. The Morgan fingerprint density at radius 3 is 2.62 bits per heavy atom. The van der Waals surface area contributed by atoms with Crippen LogP contribution in [0, 0.1) is 12.7 Å².